The van der Waals surface area contributed by atoms with Gasteiger partial charge in [-0.2, -0.15) is 13.2 Å². The molecule has 1 aromatic rings. The number of nitrogens with one attached hydrogen (secondary N) is 1. The summed E-state index contributed by atoms with van der Waals surface area (Å²) in [4.78, 5) is 17.2. The summed E-state index contributed by atoms with van der Waals surface area (Å²) in [7, 11) is 0. The van der Waals surface area contributed by atoms with E-state index in [1.54, 1.807) is 29.2 Å². The molecule has 0 spiro atoms. The number of rotatable bonds is 4. The fourth-order valence-electron chi connectivity index (χ4n) is 3.61. The van der Waals surface area contributed by atoms with Crippen LogP contribution in [0.2, 0.25) is 0 Å². The zero-order valence-corrected chi connectivity index (χ0v) is 15.4. The molecule has 0 radical (unpaired) electrons. The molecular weight excluding hydrogens is 363 g/mol. The Bertz CT molecular complexity index is 612. The van der Waals surface area contributed by atoms with Gasteiger partial charge in [0.05, 0.1) is 11.4 Å². The van der Waals surface area contributed by atoms with Crippen LogP contribution in [0, 0.1) is 0 Å². The van der Waals surface area contributed by atoms with Gasteiger partial charge in [0.15, 0.2) is 0 Å². The van der Waals surface area contributed by atoms with E-state index in [0.29, 0.717) is 41.5 Å². The first-order valence-corrected chi connectivity index (χ1v) is 9.99. The number of carbonyl (C=O) groups excluding carboxylic acids is 1. The second kappa shape index (κ2) is 8.52. The molecule has 1 aliphatic carbocycles. The number of benzene rings is 1. The Hall–Kier alpha value is -1.41. The molecule has 2 fully saturated rings. The van der Waals surface area contributed by atoms with Crippen molar-refractivity contribution in [1.82, 2.24) is 9.80 Å². The van der Waals surface area contributed by atoms with E-state index in [-0.39, 0.29) is 6.03 Å². The van der Waals surface area contributed by atoms with E-state index in [0.717, 1.165) is 13.1 Å². The molecule has 144 valence electrons. The number of piperazine rings is 1. The van der Waals surface area contributed by atoms with Gasteiger partial charge in [-0.1, -0.05) is 25.0 Å². The van der Waals surface area contributed by atoms with Crippen molar-refractivity contribution in [2.75, 3.05) is 37.2 Å². The van der Waals surface area contributed by atoms with Gasteiger partial charge in [0.1, 0.15) is 0 Å². The number of carbonyl (C=O) groups is 1. The first-order valence-electron chi connectivity index (χ1n) is 9.01. The zero-order chi connectivity index (χ0) is 18.6. The quantitative estimate of drug-likeness (QED) is 0.776. The van der Waals surface area contributed by atoms with Crippen molar-refractivity contribution < 1.29 is 18.0 Å². The van der Waals surface area contributed by atoms with Crippen molar-refractivity contribution in [2.45, 2.75) is 42.8 Å². The minimum absolute atomic E-state index is 0.240. The summed E-state index contributed by atoms with van der Waals surface area (Å²) in [5.41, 5.74) is 0.435. The zero-order valence-electron chi connectivity index (χ0n) is 14.6. The first-order chi connectivity index (χ1) is 12.4. The maximum Gasteiger partial charge on any atom is 0.398 e. The lowest BCUT2D eigenvalue weighted by Gasteiger charge is -2.38. The molecule has 1 aliphatic heterocycles. The van der Waals surface area contributed by atoms with Crippen molar-refractivity contribution >= 4 is 23.5 Å². The minimum atomic E-state index is -4.24. The number of urea groups is 1. The highest BCUT2D eigenvalue weighted by molar-refractivity contribution is 7.99. The van der Waals surface area contributed by atoms with E-state index in [4.69, 9.17) is 0 Å². The van der Waals surface area contributed by atoms with E-state index in [2.05, 4.69) is 10.2 Å². The van der Waals surface area contributed by atoms with E-state index in [1.807, 2.05) is 0 Å². The lowest BCUT2D eigenvalue weighted by molar-refractivity contribution is -0.105. The maximum atomic E-state index is 12.5. The van der Waals surface area contributed by atoms with Crippen molar-refractivity contribution in [1.29, 1.82) is 0 Å². The Balaban J connectivity index is 1.53. The number of nitrogens with zero attached hydrogens (tertiary/aromatic N) is 2. The molecule has 0 bridgehead atoms. The van der Waals surface area contributed by atoms with E-state index < -0.39 is 11.9 Å². The number of para-hydroxylation sites is 1. The lowest BCUT2D eigenvalue weighted by atomic mass is 10.2. The van der Waals surface area contributed by atoms with Crippen molar-refractivity contribution in [3.63, 3.8) is 0 Å². The summed E-state index contributed by atoms with van der Waals surface area (Å²) in [5.74, 6) is -0.972. The predicted octanol–water partition coefficient (Wildman–Crippen LogP) is 4.43. The van der Waals surface area contributed by atoms with Gasteiger partial charge in [-0.25, -0.2) is 4.79 Å². The Morgan fingerprint density at radius 2 is 1.77 bits per heavy atom. The van der Waals surface area contributed by atoms with Gasteiger partial charge in [-0.3, -0.25) is 4.90 Å². The number of hydrogen-bond acceptors (Lipinski definition) is 3. The minimum Gasteiger partial charge on any atom is -0.322 e. The second-order valence-corrected chi connectivity index (χ2v) is 7.81. The third-order valence-electron chi connectivity index (χ3n) is 4.96. The van der Waals surface area contributed by atoms with Crippen molar-refractivity contribution in [2.24, 2.45) is 0 Å². The Kier molecular flexibility index (Phi) is 6.34. The number of alkyl halides is 3. The van der Waals surface area contributed by atoms with Gasteiger partial charge in [-0.15, -0.1) is 11.8 Å². The molecule has 1 saturated carbocycles. The van der Waals surface area contributed by atoms with Crippen molar-refractivity contribution in [3.05, 3.63) is 24.3 Å². The maximum absolute atomic E-state index is 12.5. The highest BCUT2D eigenvalue weighted by Crippen LogP contribution is 2.32. The van der Waals surface area contributed by atoms with Crippen LogP contribution in [-0.2, 0) is 0 Å². The summed E-state index contributed by atoms with van der Waals surface area (Å²) in [6.45, 7) is 3.03. The number of anilines is 1. The molecule has 3 rings (SSSR count). The summed E-state index contributed by atoms with van der Waals surface area (Å²) >= 11 is 0.693. The molecule has 1 aromatic carbocycles. The summed E-state index contributed by atoms with van der Waals surface area (Å²) in [5, 5.41) is 2.78. The number of halogens is 3. The van der Waals surface area contributed by atoms with Crippen molar-refractivity contribution in [3.8, 4) is 0 Å². The van der Waals surface area contributed by atoms with Crippen LogP contribution in [0.1, 0.15) is 25.7 Å². The average Bonchev–Trinajstić information content (AvgIpc) is 3.15. The SMILES string of the molecule is O=C(Nc1ccccc1SCC(F)(F)F)N1CCN(C2CCCC2)CC1. The normalized spacial score (nSPS) is 19.7. The number of thioether (sulfide) groups is 1. The fraction of sp³-hybridized carbons (Fsp3) is 0.611. The van der Waals surface area contributed by atoms with Gasteiger partial charge in [0.2, 0.25) is 0 Å². The van der Waals surface area contributed by atoms with Gasteiger partial charge in [0, 0.05) is 37.1 Å². The largest absolute Gasteiger partial charge is 0.398 e. The molecule has 8 heteroatoms. The lowest BCUT2D eigenvalue weighted by Crippen LogP contribution is -2.52. The summed E-state index contributed by atoms with van der Waals surface area (Å²) in [6.07, 6.45) is 0.833. The van der Waals surface area contributed by atoms with Crippen LogP contribution in [0.15, 0.2) is 29.2 Å². The van der Waals surface area contributed by atoms with E-state index in [1.165, 1.54) is 25.7 Å². The summed E-state index contributed by atoms with van der Waals surface area (Å²) in [6, 6.07) is 7.05. The molecule has 2 amide bonds. The average molecular weight is 387 g/mol. The Labute approximate surface area is 156 Å². The Morgan fingerprint density at radius 1 is 1.12 bits per heavy atom. The number of hydrogen-bond donors (Lipinski definition) is 1. The van der Waals surface area contributed by atoms with E-state index in [9.17, 15) is 18.0 Å². The van der Waals surface area contributed by atoms with Crippen LogP contribution in [0.25, 0.3) is 0 Å². The van der Waals surface area contributed by atoms with Crippen LogP contribution in [0.4, 0.5) is 23.7 Å². The standard InChI is InChI=1S/C18H24F3N3OS/c19-18(20,21)13-26-16-8-4-3-7-15(16)22-17(25)24-11-9-23(10-12-24)14-5-1-2-6-14/h3-4,7-8,14H,1-2,5-6,9-13H2,(H,22,25). The van der Waals surface area contributed by atoms with Gasteiger partial charge in [0.25, 0.3) is 0 Å². The van der Waals surface area contributed by atoms with Crippen LogP contribution < -0.4 is 5.32 Å². The van der Waals surface area contributed by atoms with Gasteiger partial charge in [-0.05, 0) is 25.0 Å². The third kappa shape index (κ3) is 5.30. The molecule has 1 N–H and O–H groups in total. The molecule has 0 unspecified atom stereocenters. The van der Waals surface area contributed by atoms with Gasteiger partial charge >= 0.3 is 12.2 Å². The molecular formula is C18H24F3N3OS. The van der Waals surface area contributed by atoms with Crippen LogP contribution in [-0.4, -0.2) is 60.0 Å². The molecule has 2 aliphatic rings. The highest BCUT2D eigenvalue weighted by Gasteiger charge is 2.29. The molecule has 1 saturated heterocycles. The predicted molar refractivity (Wildman–Crippen MR) is 97.6 cm³/mol. The van der Waals surface area contributed by atoms with Crippen LogP contribution in [0.5, 0.6) is 0 Å². The molecule has 0 aromatic heterocycles. The number of amides is 2. The monoisotopic (exact) mass is 387 g/mol. The topological polar surface area (TPSA) is 35.6 Å². The molecule has 26 heavy (non-hydrogen) atoms. The molecule has 4 nitrogen and oxygen atoms in total. The fourth-order valence-corrected chi connectivity index (χ4v) is 4.38. The van der Waals surface area contributed by atoms with Crippen LogP contribution >= 0.6 is 11.8 Å². The second-order valence-electron chi connectivity index (χ2n) is 6.79. The summed E-state index contributed by atoms with van der Waals surface area (Å²) < 4.78 is 37.4. The van der Waals surface area contributed by atoms with Crippen LogP contribution in [0.3, 0.4) is 0 Å². The molecule has 0 atom stereocenters. The Morgan fingerprint density at radius 3 is 2.42 bits per heavy atom. The van der Waals surface area contributed by atoms with Gasteiger partial charge < -0.3 is 10.2 Å². The van der Waals surface area contributed by atoms with E-state index >= 15 is 0 Å². The molecule has 1 heterocycles. The third-order valence-corrected chi connectivity index (χ3v) is 6.10. The smallest absolute Gasteiger partial charge is 0.322 e. The first kappa shape index (κ1) is 19.4. The highest BCUT2D eigenvalue weighted by atomic mass is 32.2.